The minimum absolute atomic E-state index is 0.0528. The Kier molecular flexibility index (Phi) is 8.47. The average molecular weight is 309 g/mol. The van der Waals surface area contributed by atoms with Gasteiger partial charge in [0.25, 0.3) is 0 Å². The van der Waals surface area contributed by atoms with E-state index < -0.39 is 0 Å². The van der Waals surface area contributed by atoms with Gasteiger partial charge >= 0.3 is 0 Å². The summed E-state index contributed by atoms with van der Waals surface area (Å²) in [6.45, 7) is 5.13. The van der Waals surface area contributed by atoms with Crippen LogP contribution in [0.4, 0.5) is 0 Å². The minimum Gasteiger partial charge on any atom is -0.396 e. The molecule has 1 rings (SSSR count). The molecule has 2 N–H and O–H groups in total. The number of nitrogens with one attached hydrogen (secondary N) is 1. The molecule has 0 aliphatic rings. The summed E-state index contributed by atoms with van der Waals surface area (Å²) in [5, 5.41) is 11.9. The zero-order chi connectivity index (χ0) is 15.6. The van der Waals surface area contributed by atoms with E-state index in [0.29, 0.717) is 13.0 Å². The Balaban J connectivity index is 2.11. The molecule has 3 nitrogen and oxygen atoms in total. The van der Waals surface area contributed by atoms with E-state index in [9.17, 15) is 4.79 Å². The van der Waals surface area contributed by atoms with E-state index in [1.165, 1.54) is 4.90 Å². The molecule has 0 aliphatic heterocycles. The molecule has 1 aromatic carbocycles. The van der Waals surface area contributed by atoms with Gasteiger partial charge in [-0.25, -0.2) is 0 Å². The average Bonchev–Trinajstić information content (AvgIpc) is 2.49. The lowest BCUT2D eigenvalue weighted by atomic mass is 9.88. The zero-order valence-corrected chi connectivity index (χ0v) is 13.9. The third-order valence-electron chi connectivity index (χ3n) is 3.34. The Morgan fingerprint density at radius 2 is 1.95 bits per heavy atom. The maximum Gasteiger partial charge on any atom is 0.220 e. The van der Waals surface area contributed by atoms with Gasteiger partial charge in [-0.15, -0.1) is 11.8 Å². The fourth-order valence-electron chi connectivity index (χ4n) is 2.01. The summed E-state index contributed by atoms with van der Waals surface area (Å²) in [5.41, 5.74) is 0.0528. The van der Waals surface area contributed by atoms with Crippen molar-refractivity contribution in [2.75, 3.05) is 18.9 Å². The normalized spacial score (nSPS) is 11.4. The highest BCUT2D eigenvalue weighted by atomic mass is 32.2. The molecular weight excluding hydrogens is 282 g/mol. The van der Waals surface area contributed by atoms with Crippen molar-refractivity contribution in [3.05, 3.63) is 30.3 Å². The molecule has 0 aromatic heterocycles. The van der Waals surface area contributed by atoms with E-state index in [1.807, 2.05) is 18.2 Å². The Morgan fingerprint density at radius 3 is 2.62 bits per heavy atom. The molecule has 0 bridgehead atoms. The number of aliphatic hydroxyl groups is 1. The molecule has 1 aromatic rings. The van der Waals surface area contributed by atoms with E-state index in [2.05, 4.69) is 31.3 Å². The molecule has 0 atom stereocenters. The first-order valence-corrected chi connectivity index (χ1v) is 8.57. The molecule has 0 radical (unpaired) electrons. The lowest BCUT2D eigenvalue weighted by Gasteiger charge is -2.24. The van der Waals surface area contributed by atoms with E-state index in [-0.39, 0.29) is 17.9 Å². The molecule has 0 fully saturated rings. The number of hydrogen-bond acceptors (Lipinski definition) is 3. The highest BCUT2D eigenvalue weighted by Gasteiger charge is 2.17. The van der Waals surface area contributed by atoms with Crippen molar-refractivity contribution < 1.29 is 9.90 Å². The van der Waals surface area contributed by atoms with Crippen LogP contribution in [0.15, 0.2) is 35.2 Å². The van der Waals surface area contributed by atoms with Crippen molar-refractivity contribution in [2.45, 2.75) is 44.4 Å². The number of hydrogen-bond donors (Lipinski definition) is 2. The van der Waals surface area contributed by atoms with Crippen molar-refractivity contribution in [2.24, 2.45) is 5.41 Å². The quantitative estimate of drug-likeness (QED) is 0.514. The minimum atomic E-state index is 0.0528. The summed E-state index contributed by atoms with van der Waals surface area (Å²) in [4.78, 5) is 13.1. The first-order chi connectivity index (χ1) is 10.0. The molecule has 21 heavy (non-hydrogen) atoms. The summed E-state index contributed by atoms with van der Waals surface area (Å²) in [5.74, 6) is 1.09. The predicted molar refractivity (Wildman–Crippen MR) is 89.5 cm³/mol. The fraction of sp³-hybridized carbons (Fsp3) is 0.588. The first kappa shape index (κ1) is 18.1. The highest BCUT2D eigenvalue weighted by molar-refractivity contribution is 7.99. The van der Waals surface area contributed by atoms with Crippen molar-refractivity contribution >= 4 is 17.7 Å². The summed E-state index contributed by atoms with van der Waals surface area (Å²) >= 11 is 1.79. The van der Waals surface area contributed by atoms with Crippen LogP contribution < -0.4 is 5.32 Å². The lowest BCUT2D eigenvalue weighted by Crippen LogP contribution is -2.34. The van der Waals surface area contributed by atoms with Crippen LogP contribution in [0.2, 0.25) is 0 Å². The van der Waals surface area contributed by atoms with Gasteiger partial charge in [0.1, 0.15) is 0 Å². The van der Waals surface area contributed by atoms with Crippen LogP contribution in [0.3, 0.4) is 0 Å². The number of rotatable bonds is 10. The maximum absolute atomic E-state index is 11.8. The van der Waals surface area contributed by atoms with Crippen LogP contribution >= 0.6 is 11.8 Å². The number of amides is 1. The van der Waals surface area contributed by atoms with E-state index >= 15 is 0 Å². The Morgan fingerprint density at radius 1 is 1.24 bits per heavy atom. The largest absolute Gasteiger partial charge is 0.396 e. The topological polar surface area (TPSA) is 49.3 Å². The van der Waals surface area contributed by atoms with Gasteiger partial charge in [-0.2, -0.15) is 0 Å². The lowest BCUT2D eigenvalue weighted by molar-refractivity contribution is -0.121. The third kappa shape index (κ3) is 8.79. The molecular formula is C17H27NO2S. The SMILES string of the molecule is CC(C)(CCCO)CNC(=O)CCCSc1ccccc1. The van der Waals surface area contributed by atoms with Gasteiger partial charge in [-0.05, 0) is 42.6 Å². The number of aliphatic hydroxyl groups excluding tert-OH is 1. The molecule has 118 valence electrons. The molecule has 0 spiro atoms. The van der Waals surface area contributed by atoms with Gasteiger partial charge in [-0.1, -0.05) is 32.0 Å². The standard InChI is InChI=1S/C17H27NO2S/c1-17(2,11-7-12-19)14-18-16(20)10-6-13-21-15-8-4-3-5-9-15/h3-5,8-9,19H,6-7,10-14H2,1-2H3,(H,18,20). The van der Waals surface area contributed by atoms with Crippen molar-refractivity contribution in [3.8, 4) is 0 Å². The van der Waals surface area contributed by atoms with Crippen molar-refractivity contribution in [1.82, 2.24) is 5.32 Å². The monoisotopic (exact) mass is 309 g/mol. The molecule has 0 heterocycles. The third-order valence-corrected chi connectivity index (χ3v) is 4.43. The second-order valence-corrected chi connectivity index (χ2v) is 7.20. The highest BCUT2D eigenvalue weighted by Crippen LogP contribution is 2.21. The number of thioether (sulfide) groups is 1. The summed E-state index contributed by atoms with van der Waals surface area (Å²) < 4.78 is 0. The van der Waals surface area contributed by atoms with Crippen molar-refractivity contribution in [3.63, 3.8) is 0 Å². The smallest absolute Gasteiger partial charge is 0.220 e. The molecule has 0 aliphatic carbocycles. The molecule has 4 heteroatoms. The van der Waals surface area contributed by atoms with Gasteiger partial charge in [0.05, 0.1) is 0 Å². The number of benzene rings is 1. The Bertz CT molecular complexity index is 407. The summed E-state index contributed by atoms with van der Waals surface area (Å²) in [7, 11) is 0. The second-order valence-electron chi connectivity index (χ2n) is 6.03. The second kappa shape index (κ2) is 9.85. The van der Waals surface area contributed by atoms with Crippen molar-refractivity contribution in [1.29, 1.82) is 0 Å². The molecule has 1 amide bonds. The predicted octanol–water partition coefficient (Wildman–Crippen LogP) is 3.47. The van der Waals surface area contributed by atoms with Gasteiger partial charge < -0.3 is 10.4 Å². The van der Waals surface area contributed by atoms with E-state index in [0.717, 1.165) is 25.0 Å². The first-order valence-electron chi connectivity index (χ1n) is 7.59. The van der Waals surface area contributed by atoms with Gasteiger partial charge in [0.2, 0.25) is 5.91 Å². The van der Waals surface area contributed by atoms with Gasteiger partial charge in [0.15, 0.2) is 0 Å². The summed E-state index contributed by atoms with van der Waals surface area (Å²) in [6.07, 6.45) is 3.18. The summed E-state index contributed by atoms with van der Waals surface area (Å²) in [6, 6.07) is 10.3. The van der Waals surface area contributed by atoms with Crippen LogP contribution in [0.5, 0.6) is 0 Å². The van der Waals surface area contributed by atoms with Crippen LogP contribution in [0, 0.1) is 5.41 Å². The fourth-order valence-corrected chi connectivity index (χ4v) is 2.89. The van der Waals surface area contributed by atoms with Crippen LogP contribution in [0.1, 0.15) is 39.5 Å². The van der Waals surface area contributed by atoms with E-state index in [1.54, 1.807) is 11.8 Å². The maximum atomic E-state index is 11.8. The Labute approximate surface area is 132 Å². The van der Waals surface area contributed by atoms with Crippen LogP contribution in [-0.4, -0.2) is 29.9 Å². The number of carbonyl (C=O) groups is 1. The number of carbonyl (C=O) groups excluding carboxylic acids is 1. The van der Waals surface area contributed by atoms with E-state index in [4.69, 9.17) is 5.11 Å². The van der Waals surface area contributed by atoms with Gasteiger partial charge in [0, 0.05) is 24.5 Å². The van der Waals surface area contributed by atoms with Gasteiger partial charge in [-0.3, -0.25) is 4.79 Å². The molecule has 0 unspecified atom stereocenters. The Hall–Kier alpha value is -1.00. The zero-order valence-electron chi connectivity index (χ0n) is 13.1. The molecule has 0 saturated carbocycles. The molecule has 0 saturated heterocycles. The van der Waals surface area contributed by atoms with Crippen LogP contribution in [-0.2, 0) is 4.79 Å². The van der Waals surface area contributed by atoms with Crippen LogP contribution in [0.25, 0.3) is 0 Å².